The van der Waals surface area contributed by atoms with Crippen molar-refractivity contribution in [3.63, 3.8) is 0 Å². The second-order valence-corrected chi connectivity index (χ2v) is 9.46. The molecular weight excluding hydrogens is 360 g/mol. The predicted molar refractivity (Wildman–Crippen MR) is 107 cm³/mol. The SMILES string of the molecule is CC(C)CC1C(=O)NC(CC2CC2)CN1C(=O)C1CC1c1ccc(Cl)cc1. The molecule has 4 nitrogen and oxygen atoms in total. The molecule has 1 aromatic rings. The van der Waals surface area contributed by atoms with Crippen LogP contribution in [0.1, 0.15) is 57.4 Å². The van der Waals surface area contributed by atoms with Gasteiger partial charge in [0.25, 0.3) is 0 Å². The van der Waals surface area contributed by atoms with Crippen LogP contribution < -0.4 is 5.32 Å². The Kier molecular flexibility index (Phi) is 5.19. The zero-order chi connectivity index (χ0) is 19.1. The molecule has 3 aliphatic rings. The van der Waals surface area contributed by atoms with Crippen LogP contribution in [0.3, 0.4) is 0 Å². The average Bonchev–Trinajstić information content (AvgIpc) is 3.51. The van der Waals surface area contributed by atoms with E-state index in [1.807, 2.05) is 29.2 Å². The Balaban J connectivity index is 1.47. The van der Waals surface area contributed by atoms with Crippen molar-refractivity contribution in [2.75, 3.05) is 6.54 Å². The standard InChI is InChI=1S/C22H29ClN2O2/c1-13(2)9-20-21(26)24-17(10-14-3-4-14)12-25(20)22(27)19-11-18(19)15-5-7-16(23)8-6-15/h5-8,13-14,17-20H,3-4,9-12H2,1-2H3,(H,24,26). The van der Waals surface area contributed by atoms with E-state index in [-0.39, 0.29) is 35.7 Å². The van der Waals surface area contributed by atoms with Gasteiger partial charge in [-0.1, -0.05) is 50.4 Å². The maximum absolute atomic E-state index is 13.3. The molecule has 4 atom stereocenters. The maximum atomic E-state index is 13.3. The summed E-state index contributed by atoms with van der Waals surface area (Å²) in [5.74, 6) is 1.59. The third-order valence-electron chi connectivity index (χ3n) is 6.14. The van der Waals surface area contributed by atoms with Gasteiger partial charge in [0.2, 0.25) is 11.8 Å². The van der Waals surface area contributed by atoms with Crippen LogP contribution in [0.4, 0.5) is 0 Å². The minimum atomic E-state index is -0.320. The molecule has 2 aliphatic carbocycles. The highest BCUT2D eigenvalue weighted by atomic mass is 35.5. The van der Waals surface area contributed by atoms with Crippen molar-refractivity contribution in [2.24, 2.45) is 17.8 Å². The van der Waals surface area contributed by atoms with E-state index in [2.05, 4.69) is 19.2 Å². The second kappa shape index (κ2) is 7.46. The number of carbonyl (C=O) groups is 2. The fraction of sp³-hybridized carbons (Fsp3) is 0.636. The summed E-state index contributed by atoms with van der Waals surface area (Å²) in [6.45, 7) is 4.89. The summed E-state index contributed by atoms with van der Waals surface area (Å²) in [7, 11) is 0. The summed E-state index contributed by atoms with van der Waals surface area (Å²) in [5, 5.41) is 3.91. The van der Waals surface area contributed by atoms with E-state index in [0.29, 0.717) is 12.5 Å². The molecule has 146 valence electrons. The molecule has 5 heteroatoms. The Morgan fingerprint density at radius 2 is 1.96 bits per heavy atom. The highest BCUT2D eigenvalue weighted by molar-refractivity contribution is 6.30. The molecular formula is C22H29ClN2O2. The molecule has 1 N–H and O–H groups in total. The normalized spacial score (nSPS) is 30.4. The second-order valence-electron chi connectivity index (χ2n) is 9.02. The number of piperazine rings is 1. The fourth-order valence-electron chi connectivity index (χ4n) is 4.42. The van der Waals surface area contributed by atoms with Crippen molar-refractivity contribution in [1.82, 2.24) is 10.2 Å². The molecule has 27 heavy (non-hydrogen) atoms. The smallest absolute Gasteiger partial charge is 0.243 e. The Morgan fingerprint density at radius 3 is 2.59 bits per heavy atom. The molecule has 1 saturated heterocycles. The van der Waals surface area contributed by atoms with Crippen LogP contribution in [-0.2, 0) is 9.59 Å². The minimum Gasteiger partial charge on any atom is -0.350 e. The van der Waals surface area contributed by atoms with E-state index in [9.17, 15) is 9.59 Å². The zero-order valence-electron chi connectivity index (χ0n) is 16.2. The highest BCUT2D eigenvalue weighted by Crippen LogP contribution is 2.49. The van der Waals surface area contributed by atoms with Gasteiger partial charge in [-0.2, -0.15) is 0 Å². The van der Waals surface area contributed by atoms with Gasteiger partial charge >= 0.3 is 0 Å². The quantitative estimate of drug-likeness (QED) is 0.801. The lowest BCUT2D eigenvalue weighted by molar-refractivity contribution is -0.146. The number of halogens is 1. The maximum Gasteiger partial charge on any atom is 0.243 e. The van der Waals surface area contributed by atoms with Crippen LogP contribution in [0.15, 0.2) is 24.3 Å². The van der Waals surface area contributed by atoms with E-state index in [1.54, 1.807) is 0 Å². The average molecular weight is 389 g/mol. The van der Waals surface area contributed by atoms with Crippen molar-refractivity contribution < 1.29 is 9.59 Å². The van der Waals surface area contributed by atoms with Crippen molar-refractivity contribution in [3.05, 3.63) is 34.9 Å². The molecule has 0 aromatic heterocycles. The number of hydrogen-bond donors (Lipinski definition) is 1. The van der Waals surface area contributed by atoms with Gasteiger partial charge in [0.15, 0.2) is 0 Å². The Bertz CT molecular complexity index is 714. The van der Waals surface area contributed by atoms with Crippen LogP contribution in [0.2, 0.25) is 5.02 Å². The number of rotatable bonds is 6. The first kappa shape index (κ1) is 18.8. The number of amides is 2. The molecule has 4 rings (SSSR count). The van der Waals surface area contributed by atoms with Crippen molar-refractivity contribution in [2.45, 2.75) is 64.0 Å². The van der Waals surface area contributed by atoms with Gasteiger partial charge in [-0.05, 0) is 54.7 Å². The summed E-state index contributed by atoms with van der Waals surface area (Å²) >= 11 is 5.98. The summed E-state index contributed by atoms with van der Waals surface area (Å²) in [6, 6.07) is 7.61. The Labute approximate surface area is 166 Å². The van der Waals surface area contributed by atoms with Crippen LogP contribution in [0, 0.1) is 17.8 Å². The molecule has 0 bridgehead atoms. The van der Waals surface area contributed by atoms with E-state index < -0.39 is 0 Å². The van der Waals surface area contributed by atoms with Gasteiger partial charge in [0.1, 0.15) is 6.04 Å². The van der Waals surface area contributed by atoms with Crippen molar-refractivity contribution in [3.8, 4) is 0 Å². The molecule has 0 spiro atoms. The topological polar surface area (TPSA) is 49.4 Å². The molecule has 0 radical (unpaired) electrons. The van der Waals surface area contributed by atoms with Crippen LogP contribution >= 0.6 is 11.6 Å². The number of hydrogen-bond acceptors (Lipinski definition) is 2. The van der Waals surface area contributed by atoms with Crippen molar-refractivity contribution >= 4 is 23.4 Å². The Hall–Kier alpha value is -1.55. The first-order valence-corrected chi connectivity index (χ1v) is 10.7. The van der Waals surface area contributed by atoms with Gasteiger partial charge in [-0.25, -0.2) is 0 Å². The summed E-state index contributed by atoms with van der Waals surface area (Å²) in [5.41, 5.74) is 1.18. The van der Waals surface area contributed by atoms with Crippen molar-refractivity contribution in [1.29, 1.82) is 0 Å². The summed E-state index contributed by atoms with van der Waals surface area (Å²) in [6.07, 6.45) is 5.13. The van der Waals surface area contributed by atoms with Gasteiger partial charge in [0, 0.05) is 23.5 Å². The van der Waals surface area contributed by atoms with E-state index in [1.165, 1.54) is 18.4 Å². The molecule has 3 fully saturated rings. The molecule has 1 aliphatic heterocycles. The van der Waals surface area contributed by atoms with Gasteiger partial charge in [-0.3, -0.25) is 9.59 Å². The molecule has 2 amide bonds. The lowest BCUT2D eigenvalue weighted by Crippen LogP contribution is -2.62. The third-order valence-corrected chi connectivity index (χ3v) is 6.39. The first-order chi connectivity index (χ1) is 12.9. The van der Waals surface area contributed by atoms with Crippen LogP contribution in [0.5, 0.6) is 0 Å². The van der Waals surface area contributed by atoms with E-state index in [0.717, 1.165) is 30.2 Å². The van der Waals surface area contributed by atoms with Crippen LogP contribution in [-0.4, -0.2) is 35.3 Å². The number of nitrogens with one attached hydrogen (secondary N) is 1. The lowest BCUT2D eigenvalue weighted by atomic mass is 9.95. The number of benzene rings is 1. The zero-order valence-corrected chi connectivity index (χ0v) is 16.9. The van der Waals surface area contributed by atoms with Gasteiger partial charge in [-0.15, -0.1) is 0 Å². The predicted octanol–water partition coefficient (Wildman–Crippen LogP) is 3.99. The lowest BCUT2D eigenvalue weighted by Gasteiger charge is -2.40. The monoisotopic (exact) mass is 388 g/mol. The molecule has 1 heterocycles. The largest absolute Gasteiger partial charge is 0.350 e. The summed E-state index contributed by atoms with van der Waals surface area (Å²) in [4.78, 5) is 28.0. The highest BCUT2D eigenvalue weighted by Gasteiger charge is 2.49. The Morgan fingerprint density at radius 1 is 1.26 bits per heavy atom. The molecule has 2 saturated carbocycles. The minimum absolute atomic E-state index is 0.00770. The van der Waals surface area contributed by atoms with E-state index in [4.69, 9.17) is 11.6 Å². The van der Waals surface area contributed by atoms with Gasteiger partial charge in [0.05, 0.1) is 0 Å². The third kappa shape index (κ3) is 4.31. The number of nitrogens with zero attached hydrogens (tertiary/aromatic N) is 1. The van der Waals surface area contributed by atoms with E-state index >= 15 is 0 Å². The fourth-order valence-corrected chi connectivity index (χ4v) is 4.55. The molecule has 4 unspecified atom stereocenters. The first-order valence-electron chi connectivity index (χ1n) is 10.3. The molecule has 1 aromatic carbocycles. The van der Waals surface area contributed by atoms with Gasteiger partial charge < -0.3 is 10.2 Å². The summed E-state index contributed by atoms with van der Waals surface area (Å²) < 4.78 is 0. The van der Waals surface area contributed by atoms with Crippen LogP contribution in [0.25, 0.3) is 0 Å². The number of carbonyl (C=O) groups excluding carboxylic acids is 2.